The van der Waals surface area contributed by atoms with E-state index in [0.717, 1.165) is 18.3 Å². The lowest BCUT2D eigenvalue weighted by molar-refractivity contribution is -0.137. The molecule has 1 aromatic heterocycles. The summed E-state index contributed by atoms with van der Waals surface area (Å²) in [7, 11) is -4.45. The van der Waals surface area contributed by atoms with Crippen LogP contribution >= 0.6 is 11.6 Å². The summed E-state index contributed by atoms with van der Waals surface area (Å²) >= 11 is 5.87. The minimum atomic E-state index is -4.60. The van der Waals surface area contributed by atoms with Gasteiger partial charge in [-0.2, -0.15) is 26.7 Å². The number of nitrogens with zero attached hydrogens (tertiary/aromatic N) is 2. The van der Waals surface area contributed by atoms with Crippen LogP contribution in [0.15, 0.2) is 76.9 Å². The van der Waals surface area contributed by atoms with Crippen molar-refractivity contribution in [2.45, 2.75) is 17.5 Å². The number of carbonyl (C=O) groups is 1. The summed E-state index contributed by atoms with van der Waals surface area (Å²) < 4.78 is 68.0. The molecule has 0 spiro atoms. The van der Waals surface area contributed by atoms with E-state index in [0.29, 0.717) is 22.7 Å². The zero-order chi connectivity index (χ0) is 24.1. The summed E-state index contributed by atoms with van der Waals surface area (Å²) in [5, 5.41) is 4.22. The van der Waals surface area contributed by atoms with E-state index >= 15 is 0 Å². The second-order valence-electron chi connectivity index (χ2n) is 6.55. The van der Waals surface area contributed by atoms with Gasteiger partial charge >= 0.3 is 16.3 Å². The second-order valence-corrected chi connectivity index (χ2v) is 8.53. The van der Waals surface area contributed by atoms with Gasteiger partial charge in [0.15, 0.2) is 5.75 Å². The first-order valence-corrected chi connectivity index (χ1v) is 11.0. The predicted molar refractivity (Wildman–Crippen MR) is 114 cm³/mol. The molecule has 0 aliphatic rings. The van der Waals surface area contributed by atoms with E-state index in [-0.39, 0.29) is 17.9 Å². The Hall–Kier alpha value is -3.44. The highest BCUT2D eigenvalue weighted by Gasteiger charge is 2.31. The van der Waals surface area contributed by atoms with Crippen molar-refractivity contribution in [1.82, 2.24) is 10.4 Å². The molecule has 3 aromatic rings. The van der Waals surface area contributed by atoms with Crippen LogP contribution in [0, 0.1) is 0 Å². The van der Waals surface area contributed by atoms with Gasteiger partial charge in [0.2, 0.25) is 5.91 Å². The minimum absolute atomic E-state index is 0.00573. The molecule has 2 aromatic carbocycles. The van der Waals surface area contributed by atoms with E-state index in [1.165, 1.54) is 18.3 Å². The number of hydrogen-bond donors (Lipinski definition) is 1. The summed E-state index contributed by atoms with van der Waals surface area (Å²) in [5.74, 6) is -0.686. The number of amides is 1. The van der Waals surface area contributed by atoms with Crippen LogP contribution in [0.3, 0.4) is 0 Å². The van der Waals surface area contributed by atoms with E-state index in [2.05, 4.69) is 15.5 Å². The fraction of sp³-hybridized carbons (Fsp3) is 0.0952. The Kier molecular flexibility index (Phi) is 7.34. The zero-order valence-electron chi connectivity index (χ0n) is 16.6. The normalized spacial score (nSPS) is 12.0. The number of rotatable bonds is 7. The van der Waals surface area contributed by atoms with Crippen molar-refractivity contribution in [1.29, 1.82) is 0 Å². The van der Waals surface area contributed by atoms with Crippen LogP contribution < -0.4 is 9.61 Å². The van der Waals surface area contributed by atoms with Crippen molar-refractivity contribution < 1.29 is 30.6 Å². The number of hydrogen-bond acceptors (Lipinski definition) is 6. The van der Waals surface area contributed by atoms with Gasteiger partial charge in [-0.15, -0.1) is 0 Å². The Morgan fingerprint density at radius 2 is 1.85 bits per heavy atom. The fourth-order valence-corrected chi connectivity index (χ4v) is 3.74. The Balaban J connectivity index is 1.70. The first kappa shape index (κ1) is 24.2. The molecule has 1 amide bonds. The molecule has 1 N–H and O–H groups in total. The van der Waals surface area contributed by atoms with Crippen molar-refractivity contribution in [2.75, 3.05) is 0 Å². The molecule has 0 bridgehead atoms. The summed E-state index contributed by atoms with van der Waals surface area (Å²) in [6.07, 6.45) is -2.18. The van der Waals surface area contributed by atoms with Crippen molar-refractivity contribution in [3.8, 4) is 5.75 Å². The molecule has 33 heavy (non-hydrogen) atoms. The molecule has 0 saturated heterocycles. The molecule has 0 aliphatic carbocycles. The summed E-state index contributed by atoms with van der Waals surface area (Å²) in [5.41, 5.74) is 1.92. The van der Waals surface area contributed by atoms with Gasteiger partial charge in [0.1, 0.15) is 10.6 Å². The summed E-state index contributed by atoms with van der Waals surface area (Å²) in [6.45, 7) is 0. The zero-order valence-corrected chi connectivity index (χ0v) is 18.2. The lowest BCUT2D eigenvalue weighted by atomic mass is 10.1. The molecule has 7 nitrogen and oxygen atoms in total. The van der Waals surface area contributed by atoms with Gasteiger partial charge in [0.25, 0.3) is 0 Å². The SMILES string of the molecule is O=C(Cc1cccc(Cl)c1)NN=Cc1ncccc1OS(=O)(=O)c1ccc(C(F)(F)F)cc1. The standard InChI is InChI=1S/C21H15ClF3N3O4S/c22-16-4-1-3-14(11-16)12-20(29)28-27-13-18-19(5-2-10-26-18)32-33(30,31)17-8-6-15(7-9-17)21(23,24)25/h1-11,13H,12H2,(H,28,29). The number of aromatic nitrogens is 1. The summed E-state index contributed by atoms with van der Waals surface area (Å²) in [6, 6.07) is 12.2. The average molecular weight is 498 g/mol. The van der Waals surface area contributed by atoms with Crippen LogP contribution in [0.2, 0.25) is 5.02 Å². The Labute approximate surface area is 192 Å². The van der Waals surface area contributed by atoms with Crippen molar-refractivity contribution in [3.05, 3.63) is 88.7 Å². The molecule has 12 heteroatoms. The number of benzene rings is 2. The van der Waals surface area contributed by atoms with Gasteiger partial charge in [-0.3, -0.25) is 9.78 Å². The van der Waals surface area contributed by atoms with E-state index in [9.17, 15) is 26.4 Å². The average Bonchev–Trinajstić information content (AvgIpc) is 2.74. The molecule has 3 rings (SSSR count). The molecule has 0 atom stereocenters. The van der Waals surface area contributed by atoms with Crippen LogP contribution in [0.25, 0.3) is 0 Å². The van der Waals surface area contributed by atoms with Gasteiger partial charge < -0.3 is 4.18 Å². The highest BCUT2D eigenvalue weighted by molar-refractivity contribution is 7.87. The molecule has 0 unspecified atom stereocenters. The third-order valence-corrected chi connectivity index (χ3v) is 5.58. The number of halogens is 4. The van der Waals surface area contributed by atoms with Crippen LogP contribution in [-0.2, 0) is 27.5 Å². The monoisotopic (exact) mass is 497 g/mol. The van der Waals surface area contributed by atoms with E-state index in [4.69, 9.17) is 15.8 Å². The van der Waals surface area contributed by atoms with Crippen molar-refractivity contribution in [2.24, 2.45) is 5.10 Å². The van der Waals surface area contributed by atoms with Crippen molar-refractivity contribution in [3.63, 3.8) is 0 Å². The number of carbonyl (C=O) groups excluding carboxylic acids is 1. The van der Waals surface area contributed by atoms with Gasteiger partial charge in [-0.25, -0.2) is 5.43 Å². The van der Waals surface area contributed by atoms with Crippen LogP contribution in [-0.4, -0.2) is 25.5 Å². The molecular weight excluding hydrogens is 483 g/mol. The highest BCUT2D eigenvalue weighted by Crippen LogP contribution is 2.30. The van der Waals surface area contributed by atoms with Gasteiger partial charge in [0.05, 0.1) is 18.2 Å². The molecule has 0 aliphatic heterocycles. The van der Waals surface area contributed by atoms with Crippen molar-refractivity contribution >= 4 is 33.8 Å². The quantitative estimate of drug-likeness (QED) is 0.299. The van der Waals surface area contributed by atoms with E-state index < -0.39 is 32.7 Å². The fourth-order valence-electron chi connectivity index (χ4n) is 2.58. The Morgan fingerprint density at radius 3 is 2.52 bits per heavy atom. The third kappa shape index (κ3) is 6.77. The second kappa shape index (κ2) is 10.0. The van der Waals surface area contributed by atoms with E-state index in [1.54, 1.807) is 24.3 Å². The Bertz CT molecular complexity index is 1280. The lowest BCUT2D eigenvalue weighted by Crippen LogP contribution is -2.20. The maximum atomic E-state index is 12.7. The topological polar surface area (TPSA) is 97.7 Å². The minimum Gasteiger partial charge on any atom is -0.377 e. The Morgan fingerprint density at radius 1 is 1.12 bits per heavy atom. The van der Waals surface area contributed by atoms with Crippen LogP contribution in [0.4, 0.5) is 13.2 Å². The maximum absolute atomic E-state index is 12.7. The highest BCUT2D eigenvalue weighted by atomic mass is 35.5. The largest absolute Gasteiger partial charge is 0.416 e. The first-order chi connectivity index (χ1) is 15.5. The number of pyridine rings is 1. The lowest BCUT2D eigenvalue weighted by Gasteiger charge is -2.10. The number of nitrogens with one attached hydrogen (secondary N) is 1. The predicted octanol–water partition coefficient (Wildman–Crippen LogP) is 4.21. The molecular formula is C21H15ClF3N3O4S. The van der Waals surface area contributed by atoms with Crippen LogP contribution in [0.5, 0.6) is 5.75 Å². The van der Waals surface area contributed by atoms with E-state index in [1.807, 2.05) is 0 Å². The summed E-state index contributed by atoms with van der Waals surface area (Å²) in [4.78, 5) is 15.5. The molecule has 0 radical (unpaired) electrons. The van der Waals surface area contributed by atoms with Gasteiger partial charge in [-0.05, 0) is 54.1 Å². The molecule has 172 valence electrons. The number of hydrazone groups is 1. The maximum Gasteiger partial charge on any atom is 0.416 e. The first-order valence-electron chi connectivity index (χ1n) is 9.18. The van der Waals surface area contributed by atoms with Gasteiger partial charge in [0, 0.05) is 11.2 Å². The molecule has 0 saturated carbocycles. The smallest absolute Gasteiger partial charge is 0.377 e. The van der Waals surface area contributed by atoms with Crippen LogP contribution in [0.1, 0.15) is 16.8 Å². The third-order valence-electron chi connectivity index (χ3n) is 4.10. The van der Waals surface area contributed by atoms with Gasteiger partial charge in [-0.1, -0.05) is 23.7 Å². The number of alkyl halides is 3. The molecule has 0 fully saturated rings. The molecule has 1 heterocycles.